The molecule has 0 saturated heterocycles. The summed E-state index contributed by atoms with van der Waals surface area (Å²) in [5.41, 5.74) is 1.82. The number of alkyl halides is 1. The monoisotopic (exact) mass is 307 g/mol. The van der Waals surface area contributed by atoms with Crippen LogP contribution in [0.15, 0.2) is 12.1 Å². The molecule has 4 nitrogen and oxygen atoms in total. The largest absolute Gasteiger partial charge is 0.481 e. The zero-order chi connectivity index (χ0) is 14.8. The van der Waals surface area contributed by atoms with E-state index in [1.54, 1.807) is 7.11 Å². The first-order chi connectivity index (χ1) is 10.3. The van der Waals surface area contributed by atoms with Crippen LogP contribution in [0.25, 0.3) is 11.2 Å². The number of imidazole rings is 1. The Morgan fingerprint density at radius 1 is 1.29 bits per heavy atom. The number of pyridine rings is 1. The number of aromatic nitrogens is 3. The second-order valence-electron chi connectivity index (χ2n) is 5.75. The molecule has 2 heterocycles. The van der Waals surface area contributed by atoms with Gasteiger partial charge in [0.25, 0.3) is 0 Å². The molecule has 114 valence electrons. The summed E-state index contributed by atoms with van der Waals surface area (Å²) in [5.74, 6) is 2.67. The molecule has 5 heteroatoms. The summed E-state index contributed by atoms with van der Waals surface area (Å²) < 4.78 is 7.55. The van der Waals surface area contributed by atoms with Crippen molar-refractivity contribution in [2.24, 2.45) is 5.92 Å². The van der Waals surface area contributed by atoms with E-state index in [1.807, 2.05) is 12.1 Å². The third-order valence-electron chi connectivity index (χ3n) is 4.64. The van der Waals surface area contributed by atoms with Crippen LogP contribution in [-0.2, 0) is 5.88 Å². The number of fused-ring (bicyclic) bond motifs is 1. The second kappa shape index (κ2) is 6.22. The Hall–Kier alpha value is -1.29. The van der Waals surface area contributed by atoms with Crippen LogP contribution in [0.2, 0.25) is 0 Å². The van der Waals surface area contributed by atoms with E-state index in [-0.39, 0.29) is 0 Å². The van der Waals surface area contributed by atoms with Crippen LogP contribution in [0, 0.1) is 5.92 Å². The zero-order valence-electron chi connectivity index (χ0n) is 12.7. The highest BCUT2D eigenvalue weighted by Crippen LogP contribution is 2.38. The average Bonchev–Trinajstić information content (AvgIpc) is 2.92. The highest BCUT2D eigenvalue weighted by atomic mass is 35.5. The molecule has 0 amide bonds. The lowest BCUT2D eigenvalue weighted by molar-refractivity contribution is 0.233. The summed E-state index contributed by atoms with van der Waals surface area (Å²) in [4.78, 5) is 9.29. The molecule has 0 radical (unpaired) electrons. The molecule has 1 fully saturated rings. The van der Waals surface area contributed by atoms with Crippen molar-refractivity contribution in [3.63, 3.8) is 0 Å². The molecular weight excluding hydrogens is 286 g/mol. The van der Waals surface area contributed by atoms with Gasteiger partial charge >= 0.3 is 0 Å². The standard InChI is InChI=1S/C16H22ClN3O/c1-3-11-6-4-5-7-13(11)20-14(10-17)18-12-8-9-15(21-2)19-16(12)20/h8-9,11,13H,3-7,10H2,1-2H3. The third-order valence-corrected chi connectivity index (χ3v) is 4.88. The first-order valence-electron chi connectivity index (χ1n) is 7.76. The van der Waals surface area contributed by atoms with Gasteiger partial charge in [0.05, 0.1) is 13.0 Å². The number of hydrogen-bond donors (Lipinski definition) is 0. The van der Waals surface area contributed by atoms with Crippen molar-refractivity contribution in [3.05, 3.63) is 18.0 Å². The summed E-state index contributed by atoms with van der Waals surface area (Å²) in [6, 6.07) is 4.29. The van der Waals surface area contributed by atoms with Crippen LogP contribution in [0.4, 0.5) is 0 Å². The van der Waals surface area contributed by atoms with Crippen molar-refractivity contribution in [1.29, 1.82) is 0 Å². The lowest BCUT2D eigenvalue weighted by Crippen LogP contribution is -2.24. The number of hydrogen-bond acceptors (Lipinski definition) is 3. The minimum Gasteiger partial charge on any atom is -0.481 e. The summed E-state index contributed by atoms with van der Waals surface area (Å²) in [5, 5.41) is 0. The van der Waals surface area contributed by atoms with Crippen LogP contribution in [0.1, 0.15) is 50.9 Å². The summed E-state index contributed by atoms with van der Waals surface area (Å²) in [6.07, 6.45) is 6.26. The number of methoxy groups -OCH3 is 1. The predicted octanol–water partition coefficient (Wildman–Crippen LogP) is 4.32. The average molecular weight is 308 g/mol. The number of rotatable bonds is 4. The molecule has 0 aromatic carbocycles. The van der Waals surface area contributed by atoms with Crippen molar-refractivity contribution in [1.82, 2.24) is 14.5 Å². The fourth-order valence-corrected chi connectivity index (χ4v) is 3.75. The molecule has 2 aromatic heterocycles. The number of nitrogens with zero attached hydrogens (tertiary/aromatic N) is 3. The number of halogens is 1. The quantitative estimate of drug-likeness (QED) is 0.790. The fourth-order valence-electron chi connectivity index (χ4n) is 3.56. The molecule has 1 aliphatic carbocycles. The van der Waals surface area contributed by atoms with Gasteiger partial charge < -0.3 is 9.30 Å². The Labute approximate surface area is 130 Å². The van der Waals surface area contributed by atoms with Crippen LogP contribution in [-0.4, -0.2) is 21.6 Å². The Kier molecular flexibility index (Phi) is 4.34. The number of ether oxygens (including phenoxy) is 1. The molecule has 1 aliphatic rings. The minimum absolute atomic E-state index is 0.422. The first kappa shape index (κ1) is 14.6. The lowest BCUT2D eigenvalue weighted by atomic mass is 9.82. The Morgan fingerprint density at radius 3 is 2.81 bits per heavy atom. The zero-order valence-corrected chi connectivity index (χ0v) is 13.4. The van der Waals surface area contributed by atoms with Gasteiger partial charge in [-0.05, 0) is 24.8 Å². The van der Waals surface area contributed by atoms with E-state index in [4.69, 9.17) is 16.3 Å². The molecule has 0 bridgehead atoms. The maximum atomic E-state index is 6.14. The van der Waals surface area contributed by atoms with Gasteiger partial charge in [0.15, 0.2) is 5.65 Å². The SMILES string of the molecule is CCC1CCCCC1n1c(CCl)nc2ccc(OC)nc21. The molecule has 0 spiro atoms. The maximum Gasteiger partial charge on any atom is 0.215 e. The Balaban J connectivity index is 2.13. The van der Waals surface area contributed by atoms with Gasteiger partial charge in [-0.1, -0.05) is 26.2 Å². The van der Waals surface area contributed by atoms with Crippen LogP contribution >= 0.6 is 11.6 Å². The fraction of sp³-hybridized carbons (Fsp3) is 0.625. The van der Waals surface area contributed by atoms with E-state index in [1.165, 1.54) is 32.1 Å². The first-order valence-corrected chi connectivity index (χ1v) is 8.29. The van der Waals surface area contributed by atoms with Crippen molar-refractivity contribution in [3.8, 4) is 5.88 Å². The Bertz CT molecular complexity index is 625. The van der Waals surface area contributed by atoms with Crippen LogP contribution < -0.4 is 4.74 Å². The normalized spacial score (nSPS) is 22.6. The van der Waals surface area contributed by atoms with Gasteiger partial charge in [0, 0.05) is 12.1 Å². The highest BCUT2D eigenvalue weighted by molar-refractivity contribution is 6.16. The van der Waals surface area contributed by atoms with E-state index >= 15 is 0 Å². The molecule has 21 heavy (non-hydrogen) atoms. The molecule has 2 unspecified atom stereocenters. The van der Waals surface area contributed by atoms with Crippen molar-refractivity contribution >= 4 is 22.8 Å². The molecule has 0 aliphatic heterocycles. The Morgan fingerprint density at radius 2 is 2.10 bits per heavy atom. The smallest absolute Gasteiger partial charge is 0.215 e. The van der Waals surface area contributed by atoms with E-state index in [9.17, 15) is 0 Å². The highest BCUT2D eigenvalue weighted by Gasteiger charge is 2.29. The van der Waals surface area contributed by atoms with Crippen molar-refractivity contribution in [2.45, 2.75) is 50.9 Å². The van der Waals surface area contributed by atoms with Crippen molar-refractivity contribution < 1.29 is 4.74 Å². The second-order valence-corrected chi connectivity index (χ2v) is 6.02. The van der Waals surface area contributed by atoms with E-state index < -0.39 is 0 Å². The van der Waals surface area contributed by atoms with E-state index in [0.717, 1.165) is 17.0 Å². The van der Waals surface area contributed by atoms with Crippen LogP contribution in [0.3, 0.4) is 0 Å². The van der Waals surface area contributed by atoms with E-state index in [2.05, 4.69) is 21.5 Å². The minimum atomic E-state index is 0.422. The summed E-state index contributed by atoms with van der Waals surface area (Å²) >= 11 is 6.14. The van der Waals surface area contributed by atoms with Crippen LogP contribution in [0.5, 0.6) is 5.88 Å². The lowest BCUT2D eigenvalue weighted by Gasteiger charge is -2.33. The molecule has 2 aromatic rings. The summed E-state index contributed by atoms with van der Waals surface area (Å²) in [6.45, 7) is 2.27. The molecular formula is C16H22ClN3O. The molecule has 1 saturated carbocycles. The van der Waals surface area contributed by atoms with Gasteiger partial charge in [-0.25, -0.2) is 4.98 Å². The van der Waals surface area contributed by atoms with Gasteiger partial charge in [0.2, 0.25) is 5.88 Å². The van der Waals surface area contributed by atoms with Crippen molar-refractivity contribution in [2.75, 3.05) is 7.11 Å². The van der Waals surface area contributed by atoms with Gasteiger partial charge in [-0.3, -0.25) is 0 Å². The van der Waals surface area contributed by atoms with E-state index in [0.29, 0.717) is 23.7 Å². The van der Waals surface area contributed by atoms with Gasteiger partial charge in [-0.2, -0.15) is 4.98 Å². The van der Waals surface area contributed by atoms with Gasteiger partial charge in [0.1, 0.15) is 11.3 Å². The molecule has 2 atom stereocenters. The predicted molar refractivity (Wildman–Crippen MR) is 84.9 cm³/mol. The molecule has 0 N–H and O–H groups in total. The third kappa shape index (κ3) is 2.61. The topological polar surface area (TPSA) is 39.9 Å². The van der Waals surface area contributed by atoms with Gasteiger partial charge in [-0.15, -0.1) is 11.6 Å². The molecule has 3 rings (SSSR count). The summed E-state index contributed by atoms with van der Waals surface area (Å²) in [7, 11) is 1.65. The maximum absolute atomic E-state index is 6.14.